The second-order valence-electron chi connectivity index (χ2n) is 25.4. The van der Waals surface area contributed by atoms with Gasteiger partial charge in [-0.1, -0.05) is 131 Å². The fraction of sp³-hybridized carbons (Fsp3) is 0.256. The van der Waals surface area contributed by atoms with E-state index in [1.807, 2.05) is 97.1 Å². The Morgan fingerprint density at radius 2 is 0.674 bits per heavy atom. The zero-order chi connectivity index (χ0) is 61.0. The number of benzene rings is 8. The normalized spacial score (nSPS) is 12.7. The topological polar surface area (TPSA) is 0 Å². The van der Waals surface area contributed by atoms with Crippen LogP contribution in [0.4, 0.5) is 0 Å². The van der Waals surface area contributed by atoms with Gasteiger partial charge in [0.2, 0.25) is 0 Å². The van der Waals surface area contributed by atoms with E-state index < -0.39 is 0 Å². The van der Waals surface area contributed by atoms with Gasteiger partial charge in [0.25, 0.3) is 0 Å². The first kappa shape index (κ1) is 72.7. The molecule has 0 saturated heterocycles. The number of allylic oxidation sites excluding steroid dienone is 8. The minimum atomic E-state index is 0. The van der Waals surface area contributed by atoms with E-state index in [-0.39, 0.29) is 46.5 Å². The number of hydrogen-bond acceptors (Lipinski definition) is 0. The summed E-state index contributed by atoms with van der Waals surface area (Å²) in [6, 6.07) is 61.9. The molecule has 440 valence electrons. The zero-order valence-electron chi connectivity index (χ0n) is 51.6. The summed E-state index contributed by atoms with van der Waals surface area (Å²) in [6.45, 7) is 27.2. The average molecular weight is 1410 g/mol. The van der Waals surface area contributed by atoms with Gasteiger partial charge in [0.05, 0.1) is 0 Å². The molecule has 4 aliphatic rings. The van der Waals surface area contributed by atoms with Gasteiger partial charge in [0.15, 0.2) is 0 Å². The molecule has 0 fully saturated rings. The van der Waals surface area contributed by atoms with E-state index in [4.69, 9.17) is 46.4 Å². The van der Waals surface area contributed by atoms with Crippen molar-refractivity contribution in [1.82, 2.24) is 0 Å². The van der Waals surface area contributed by atoms with Crippen LogP contribution in [-0.2, 0) is 83.0 Å². The summed E-state index contributed by atoms with van der Waals surface area (Å²) in [7, 11) is 0. The molecule has 0 N–H and O–H groups in total. The first-order chi connectivity index (χ1) is 39.6. The maximum Gasteiger partial charge on any atom is -0.109 e. The molecule has 8 heteroatoms. The quantitative estimate of drug-likeness (QED) is 0.154. The van der Waals surface area contributed by atoms with Gasteiger partial charge in [0.1, 0.15) is 0 Å². The van der Waals surface area contributed by atoms with E-state index >= 15 is 0 Å². The molecule has 0 spiro atoms. The molecule has 0 bridgehead atoms. The Hall–Kier alpha value is -4.03. The minimum Gasteiger partial charge on any atom is -1.00 e. The molecule has 0 aromatic heterocycles. The summed E-state index contributed by atoms with van der Waals surface area (Å²) < 4.78 is 2.52. The van der Waals surface area contributed by atoms with Crippen molar-refractivity contribution in [3.05, 3.63) is 305 Å². The van der Waals surface area contributed by atoms with Crippen LogP contribution in [0.5, 0.6) is 0 Å². The third kappa shape index (κ3) is 21.0. The molecule has 0 amide bonds. The van der Waals surface area contributed by atoms with Gasteiger partial charge in [-0.05, 0) is 56.8 Å². The van der Waals surface area contributed by atoms with Gasteiger partial charge in [-0.3, -0.25) is 12.2 Å². The van der Waals surface area contributed by atoms with Gasteiger partial charge in [0, 0.05) is 0 Å². The number of hydrogen-bond donors (Lipinski definition) is 0. The first-order valence-electron chi connectivity index (χ1n) is 28.7. The fourth-order valence-corrected chi connectivity index (χ4v) is 11.9. The molecule has 0 atom stereocenters. The summed E-state index contributed by atoms with van der Waals surface area (Å²) in [5, 5.41) is 3.05. The number of fused-ring (bicyclic) bond motifs is 6. The fourth-order valence-electron chi connectivity index (χ4n) is 9.65. The van der Waals surface area contributed by atoms with Crippen molar-refractivity contribution in [2.45, 2.75) is 130 Å². The first-order valence-corrected chi connectivity index (χ1v) is 32.7. The van der Waals surface area contributed by atoms with Crippen LogP contribution in [0.3, 0.4) is 0 Å². The van der Waals surface area contributed by atoms with Gasteiger partial charge >= 0.3 is 241 Å². The molecule has 0 radical (unpaired) electrons. The second-order valence-corrected chi connectivity index (χ2v) is 29.6. The molecule has 8 aromatic rings. The zero-order valence-corrected chi connectivity index (χ0v) is 61.0. The minimum absolute atomic E-state index is 0. The predicted octanol–water partition coefficient (Wildman–Crippen LogP) is 16.1. The smallest absolute Gasteiger partial charge is 0.109 e. The summed E-state index contributed by atoms with van der Waals surface area (Å²) in [4.78, 5) is 0. The Bertz CT molecular complexity index is 3270. The van der Waals surface area contributed by atoms with Crippen LogP contribution >= 0.6 is 46.4 Å². The van der Waals surface area contributed by atoms with Crippen molar-refractivity contribution in [2.75, 3.05) is 0 Å². The molecular weight excluding hydrogens is 1330 g/mol. The van der Waals surface area contributed by atoms with Crippen LogP contribution in [-0.4, -0.2) is 6.41 Å². The molecule has 86 heavy (non-hydrogen) atoms. The van der Waals surface area contributed by atoms with E-state index in [1.165, 1.54) is 122 Å². The molecule has 0 saturated carbocycles. The van der Waals surface area contributed by atoms with Crippen molar-refractivity contribution in [2.24, 2.45) is 0 Å². The second kappa shape index (κ2) is 32.6. The third-order valence-electron chi connectivity index (χ3n) is 14.6. The average Bonchev–Trinajstić information content (AvgIpc) is 3.37. The van der Waals surface area contributed by atoms with E-state index in [0.29, 0.717) is 0 Å². The Kier molecular flexibility index (Phi) is 27.6. The third-order valence-corrected chi connectivity index (χ3v) is 18.3. The van der Waals surface area contributed by atoms with Crippen LogP contribution in [0, 0.1) is 24.3 Å². The van der Waals surface area contributed by atoms with E-state index in [9.17, 15) is 0 Å². The summed E-state index contributed by atoms with van der Waals surface area (Å²) >= 11 is 26.6. The van der Waals surface area contributed by atoms with Crippen molar-refractivity contribution >= 4 is 52.8 Å². The molecule has 4 aliphatic carbocycles. The monoisotopic (exact) mass is 1400 g/mol. The standard InChI is InChI=1S/2C21H25.2C13H8Cl2.2C5H5.2ClH.2Zr/c2*1-20(2,3)16-7-9-18-14(12-16)11-15-13-17(21(4,5)6)8-10-19(15)18;2*14-12-5-1-3-10(8-12)7-11-4-2-6-13(15)9-11;2*1-2-4-5-3-1;;;;/h2*7-10,12H,11H2,1-6H3;2*1-6,8-9H;2*1-3H,4H2;2*1H;;/q2*-1;;;2*-1;;;2*+2/p-2. The largest absolute Gasteiger partial charge is 1.00 e. The molecule has 0 aliphatic heterocycles. The molecular formula is C78H76Cl6Zr2-2. The van der Waals surface area contributed by atoms with Crippen LogP contribution in [0.2, 0.25) is 20.1 Å². The van der Waals surface area contributed by atoms with Crippen LogP contribution in [0.1, 0.15) is 163 Å². The van der Waals surface area contributed by atoms with Gasteiger partial charge in [-0.2, -0.15) is 59.7 Å². The summed E-state index contributed by atoms with van der Waals surface area (Å²) in [6.07, 6.45) is 22.1. The van der Waals surface area contributed by atoms with Crippen LogP contribution in [0.25, 0.3) is 22.3 Å². The van der Waals surface area contributed by atoms with Crippen LogP contribution in [0.15, 0.2) is 194 Å². The Balaban J connectivity index is 0.000000198. The van der Waals surface area contributed by atoms with Gasteiger partial charge in [-0.25, -0.2) is 24.3 Å². The SMILES string of the molecule is CC(C)(C)c1[c-]c2c(cc1)-c1ccc(C(C)(C)C)cc1C2.CC(C)(C)c1[c-]c2c(cc1)-c1ccc(C(C)(C)C)cc1C2.Clc1cccc([C](=[Zr+2])c2cccc(Cl)c2)c1.Clc1cccc([C](=[Zr+2])c2cccc(Cl)c2)c1.[C-]1=CC=CC1.[C-]1=CC=CC1.[Cl-].[Cl-]. The summed E-state index contributed by atoms with van der Waals surface area (Å²) in [5.74, 6) is 0. The number of rotatable bonds is 4. The Morgan fingerprint density at radius 3 is 0.907 bits per heavy atom. The van der Waals surface area contributed by atoms with Crippen molar-refractivity contribution in [1.29, 1.82) is 0 Å². The van der Waals surface area contributed by atoms with Crippen molar-refractivity contribution < 1.29 is 73.3 Å². The molecule has 0 nitrogen and oxygen atoms in total. The Labute approximate surface area is 578 Å². The van der Waals surface area contributed by atoms with Crippen molar-refractivity contribution in [3.8, 4) is 22.3 Å². The van der Waals surface area contributed by atoms with E-state index in [1.54, 1.807) is 0 Å². The van der Waals surface area contributed by atoms with Crippen molar-refractivity contribution in [3.63, 3.8) is 0 Å². The van der Waals surface area contributed by atoms with E-state index in [2.05, 4.69) is 204 Å². The molecule has 12 rings (SSSR count). The molecule has 8 aromatic carbocycles. The summed E-state index contributed by atoms with van der Waals surface area (Å²) in [5.41, 5.74) is 22.1. The Morgan fingerprint density at radius 1 is 0.372 bits per heavy atom. The number of halogens is 6. The maximum atomic E-state index is 5.98. The van der Waals surface area contributed by atoms with E-state index in [0.717, 1.165) is 68.0 Å². The molecule has 0 unspecified atom stereocenters. The van der Waals surface area contributed by atoms with Crippen LogP contribution < -0.4 is 24.8 Å². The predicted molar refractivity (Wildman–Crippen MR) is 357 cm³/mol. The van der Waals surface area contributed by atoms with Gasteiger partial charge in [-0.15, -0.1) is 35.1 Å². The van der Waals surface area contributed by atoms with Gasteiger partial charge < -0.3 is 24.8 Å². The maximum absolute atomic E-state index is 5.98. The molecule has 0 heterocycles.